The summed E-state index contributed by atoms with van der Waals surface area (Å²) < 4.78 is 35.2. The zero-order valence-corrected chi connectivity index (χ0v) is 28.3. The standard InChI is InChI=1S/C36H40ClN3O5S/c1-26-20-21-33(45-5)31(22-26)40(46(43,44)29-17-10-7-11-18-29)25-34(41)39(24-28-16-12-13-19-30(28)37)32(35(42)38-36(2,3)4)23-27-14-8-6-9-15-27/h6-22,32H,23-25H2,1-5H3,(H,38,42)/t32-/m0/s1. The average molecular weight is 662 g/mol. The second-order valence-corrected chi connectivity index (χ2v) is 14.3. The van der Waals surface area contributed by atoms with Gasteiger partial charge in [-0.25, -0.2) is 8.42 Å². The Bertz CT molecular complexity index is 1760. The van der Waals surface area contributed by atoms with Gasteiger partial charge in [0.25, 0.3) is 10.0 Å². The highest BCUT2D eigenvalue weighted by Crippen LogP contribution is 2.34. The number of halogens is 1. The summed E-state index contributed by atoms with van der Waals surface area (Å²) in [4.78, 5) is 30.1. The fourth-order valence-electron chi connectivity index (χ4n) is 5.04. The highest BCUT2D eigenvalue weighted by atomic mass is 35.5. The lowest BCUT2D eigenvalue weighted by molar-refractivity contribution is -0.140. The molecule has 0 heterocycles. The first-order valence-corrected chi connectivity index (χ1v) is 16.7. The van der Waals surface area contributed by atoms with E-state index in [1.54, 1.807) is 60.7 Å². The van der Waals surface area contributed by atoms with Crippen LogP contribution in [0.1, 0.15) is 37.5 Å². The number of nitrogens with one attached hydrogen (secondary N) is 1. The molecule has 242 valence electrons. The number of nitrogens with zero attached hydrogens (tertiary/aromatic N) is 2. The van der Waals surface area contributed by atoms with Gasteiger partial charge in [-0.05, 0) is 74.7 Å². The third-order valence-corrected chi connectivity index (χ3v) is 9.42. The van der Waals surface area contributed by atoms with Crippen LogP contribution in [0.25, 0.3) is 0 Å². The van der Waals surface area contributed by atoms with Gasteiger partial charge in [-0.3, -0.25) is 13.9 Å². The molecule has 4 rings (SSSR count). The Balaban J connectivity index is 1.87. The first kappa shape index (κ1) is 34.5. The summed E-state index contributed by atoms with van der Waals surface area (Å²) in [5.41, 5.74) is 1.84. The van der Waals surface area contributed by atoms with Gasteiger partial charge in [0.2, 0.25) is 11.8 Å². The summed E-state index contributed by atoms with van der Waals surface area (Å²) in [5, 5.41) is 3.44. The van der Waals surface area contributed by atoms with Crippen LogP contribution in [0.3, 0.4) is 0 Å². The quantitative estimate of drug-likeness (QED) is 0.189. The monoisotopic (exact) mass is 661 g/mol. The van der Waals surface area contributed by atoms with E-state index >= 15 is 0 Å². The molecular formula is C36H40ClN3O5S. The molecule has 2 amide bonds. The van der Waals surface area contributed by atoms with Gasteiger partial charge in [0.05, 0.1) is 17.7 Å². The van der Waals surface area contributed by atoms with Gasteiger partial charge in [0, 0.05) is 23.5 Å². The van der Waals surface area contributed by atoms with E-state index in [2.05, 4.69) is 5.32 Å². The summed E-state index contributed by atoms with van der Waals surface area (Å²) in [6.45, 7) is 6.79. The summed E-state index contributed by atoms with van der Waals surface area (Å²) in [6, 6.07) is 28.5. The maximum Gasteiger partial charge on any atom is 0.264 e. The Labute approximate surface area is 277 Å². The number of amides is 2. The van der Waals surface area contributed by atoms with Gasteiger partial charge in [-0.2, -0.15) is 0 Å². The minimum absolute atomic E-state index is 0.00956. The fourth-order valence-corrected chi connectivity index (χ4v) is 6.68. The molecular weight excluding hydrogens is 622 g/mol. The van der Waals surface area contributed by atoms with E-state index in [-0.39, 0.29) is 35.2 Å². The van der Waals surface area contributed by atoms with E-state index in [1.807, 2.05) is 58.0 Å². The second-order valence-electron chi connectivity index (χ2n) is 12.1. The maximum atomic E-state index is 14.7. The molecule has 1 N–H and O–H groups in total. The van der Waals surface area contributed by atoms with E-state index in [4.69, 9.17) is 16.3 Å². The molecule has 0 unspecified atom stereocenters. The SMILES string of the molecule is COc1ccc(C)cc1N(CC(=O)N(Cc1ccccc1Cl)[C@@H](Cc1ccccc1)C(=O)NC(C)(C)C)S(=O)(=O)c1ccccc1. The minimum atomic E-state index is -4.27. The Morgan fingerprint density at radius 2 is 1.50 bits per heavy atom. The number of hydrogen-bond acceptors (Lipinski definition) is 5. The molecule has 8 nitrogen and oxygen atoms in total. The third kappa shape index (κ3) is 8.68. The predicted molar refractivity (Wildman–Crippen MR) is 183 cm³/mol. The van der Waals surface area contributed by atoms with Crippen LogP contribution in [-0.4, -0.2) is 50.4 Å². The Morgan fingerprint density at radius 1 is 0.891 bits per heavy atom. The van der Waals surface area contributed by atoms with Crippen molar-refractivity contribution in [1.82, 2.24) is 10.2 Å². The molecule has 0 aliphatic carbocycles. The number of ether oxygens (including phenoxy) is 1. The zero-order valence-electron chi connectivity index (χ0n) is 26.7. The van der Waals surface area contributed by atoms with Crippen LogP contribution in [0.2, 0.25) is 5.02 Å². The third-order valence-electron chi connectivity index (χ3n) is 7.28. The normalized spacial score (nSPS) is 12.2. The van der Waals surface area contributed by atoms with Crippen LogP contribution in [0, 0.1) is 6.92 Å². The van der Waals surface area contributed by atoms with E-state index in [0.29, 0.717) is 10.6 Å². The molecule has 0 radical (unpaired) electrons. The number of benzene rings is 4. The average Bonchev–Trinajstić information content (AvgIpc) is 3.02. The number of methoxy groups -OCH3 is 1. The van der Waals surface area contributed by atoms with Gasteiger partial charge < -0.3 is 15.0 Å². The van der Waals surface area contributed by atoms with E-state index in [0.717, 1.165) is 15.4 Å². The molecule has 4 aromatic carbocycles. The van der Waals surface area contributed by atoms with E-state index in [1.165, 1.54) is 24.1 Å². The number of carbonyl (C=O) groups is 2. The summed E-state index contributed by atoms with van der Waals surface area (Å²) >= 11 is 6.57. The van der Waals surface area contributed by atoms with Gasteiger partial charge in [-0.1, -0.05) is 84.4 Å². The van der Waals surface area contributed by atoms with Crippen LogP contribution in [0.5, 0.6) is 5.75 Å². The van der Waals surface area contributed by atoms with Crippen molar-refractivity contribution in [3.63, 3.8) is 0 Å². The Kier molecular flexibility index (Phi) is 11.1. The molecule has 46 heavy (non-hydrogen) atoms. The second kappa shape index (κ2) is 14.8. The number of hydrogen-bond donors (Lipinski definition) is 1. The number of aryl methyl sites for hydroxylation is 1. The molecule has 4 aromatic rings. The van der Waals surface area contributed by atoms with Crippen molar-refractivity contribution in [2.24, 2.45) is 0 Å². The van der Waals surface area contributed by atoms with Gasteiger partial charge >= 0.3 is 0 Å². The number of anilines is 1. The molecule has 0 aliphatic heterocycles. The molecule has 0 fully saturated rings. The number of sulfonamides is 1. The molecule has 0 aromatic heterocycles. The molecule has 0 saturated heterocycles. The molecule has 0 aliphatic rings. The van der Waals surface area contributed by atoms with Crippen LogP contribution in [-0.2, 0) is 32.6 Å². The largest absolute Gasteiger partial charge is 0.495 e. The van der Waals surface area contributed by atoms with E-state index in [9.17, 15) is 18.0 Å². The van der Waals surface area contributed by atoms with Crippen molar-refractivity contribution in [3.8, 4) is 5.75 Å². The Morgan fingerprint density at radius 3 is 2.11 bits per heavy atom. The Hall–Kier alpha value is -4.34. The van der Waals surface area contributed by atoms with Gasteiger partial charge in [0.1, 0.15) is 18.3 Å². The van der Waals surface area contributed by atoms with Crippen molar-refractivity contribution in [2.45, 2.75) is 57.1 Å². The smallest absolute Gasteiger partial charge is 0.264 e. The molecule has 0 bridgehead atoms. The topological polar surface area (TPSA) is 96.0 Å². The van der Waals surface area contributed by atoms with Gasteiger partial charge in [-0.15, -0.1) is 0 Å². The lowest BCUT2D eigenvalue weighted by Gasteiger charge is -2.35. The van der Waals surface area contributed by atoms with Crippen molar-refractivity contribution in [3.05, 3.63) is 125 Å². The highest BCUT2D eigenvalue weighted by Gasteiger charge is 2.36. The number of carbonyl (C=O) groups excluding carboxylic acids is 2. The van der Waals surface area contributed by atoms with Crippen molar-refractivity contribution < 1.29 is 22.7 Å². The van der Waals surface area contributed by atoms with Gasteiger partial charge in [0.15, 0.2) is 0 Å². The summed E-state index contributed by atoms with van der Waals surface area (Å²) in [5.74, 6) is -0.683. The highest BCUT2D eigenvalue weighted by molar-refractivity contribution is 7.92. The molecule has 1 atom stereocenters. The van der Waals surface area contributed by atoms with Crippen LogP contribution in [0.4, 0.5) is 5.69 Å². The summed E-state index contributed by atoms with van der Waals surface area (Å²) in [6.07, 6.45) is 0.193. The molecule has 0 saturated carbocycles. The summed E-state index contributed by atoms with van der Waals surface area (Å²) in [7, 11) is -2.82. The van der Waals surface area contributed by atoms with Crippen molar-refractivity contribution in [1.29, 1.82) is 0 Å². The van der Waals surface area contributed by atoms with Crippen molar-refractivity contribution in [2.75, 3.05) is 18.0 Å². The van der Waals surface area contributed by atoms with Crippen LogP contribution < -0.4 is 14.4 Å². The van der Waals surface area contributed by atoms with Crippen LogP contribution in [0.15, 0.2) is 108 Å². The zero-order chi connectivity index (χ0) is 33.5. The fraction of sp³-hybridized carbons (Fsp3) is 0.278. The minimum Gasteiger partial charge on any atom is -0.495 e. The van der Waals surface area contributed by atoms with Crippen molar-refractivity contribution >= 4 is 39.1 Å². The predicted octanol–water partition coefficient (Wildman–Crippen LogP) is 6.41. The lowest BCUT2D eigenvalue weighted by atomic mass is 10.0. The van der Waals surface area contributed by atoms with E-state index < -0.39 is 34.1 Å². The van der Waals surface area contributed by atoms with Crippen LogP contribution >= 0.6 is 11.6 Å². The molecule has 10 heteroatoms. The lowest BCUT2D eigenvalue weighted by Crippen LogP contribution is -2.56. The number of rotatable bonds is 12. The molecule has 0 spiro atoms. The maximum absolute atomic E-state index is 14.7. The first-order valence-electron chi connectivity index (χ1n) is 14.9. The first-order chi connectivity index (χ1) is 21.8.